The van der Waals surface area contributed by atoms with Crippen molar-refractivity contribution in [2.24, 2.45) is 0 Å². The Morgan fingerprint density at radius 2 is 1.59 bits per heavy atom. The standard InChI is InChI=1S/C30H36BrN3O4S/c1-6-23(4)32-30(36)24(5)33(19-25-14-16-26(31)17-15-25)29(35)20-34(28-18-21(2)12-13-22(28)3)39(37,38)27-10-8-7-9-11-27/h7-18,23-24H,6,19-20H2,1-5H3,(H,32,36)/t23-,24+/m0/s1. The van der Waals surface area contributed by atoms with Crippen LogP contribution in [0, 0.1) is 13.8 Å². The predicted octanol–water partition coefficient (Wildman–Crippen LogP) is 5.59. The Morgan fingerprint density at radius 1 is 0.949 bits per heavy atom. The second-order valence-electron chi connectivity index (χ2n) is 9.76. The fourth-order valence-corrected chi connectivity index (χ4v) is 5.81. The van der Waals surface area contributed by atoms with Gasteiger partial charge in [0.2, 0.25) is 11.8 Å². The molecule has 39 heavy (non-hydrogen) atoms. The molecule has 0 saturated carbocycles. The highest BCUT2D eigenvalue weighted by atomic mass is 79.9. The number of carbonyl (C=O) groups excluding carboxylic acids is 2. The Bertz CT molecular complexity index is 1400. The van der Waals surface area contributed by atoms with E-state index in [0.717, 1.165) is 31.9 Å². The van der Waals surface area contributed by atoms with Crippen LogP contribution in [-0.4, -0.2) is 43.8 Å². The first kappa shape index (κ1) is 30.4. The van der Waals surface area contributed by atoms with Crippen molar-refractivity contribution in [2.45, 2.75) is 64.6 Å². The van der Waals surface area contributed by atoms with Gasteiger partial charge < -0.3 is 10.2 Å². The van der Waals surface area contributed by atoms with Crippen molar-refractivity contribution in [3.63, 3.8) is 0 Å². The van der Waals surface area contributed by atoms with Crippen LogP contribution in [0.15, 0.2) is 82.2 Å². The molecule has 3 rings (SSSR count). The summed E-state index contributed by atoms with van der Waals surface area (Å²) in [5, 5.41) is 2.95. The van der Waals surface area contributed by atoms with Crippen molar-refractivity contribution in [1.29, 1.82) is 0 Å². The first-order chi connectivity index (χ1) is 18.4. The largest absolute Gasteiger partial charge is 0.352 e. The molecule has 1 N–H and O–H groups in total. The fourth-order valence-electron chi connectivity index (χ4n) is 4.06. The lowest BCUT2D eigenvalue weighted by molar-refractivity contribution is -0.139. The average molecular weight is 615 g/mol. The van der Waals surface area contributed by atoms with Crippen LogP contribution < -0.4 is 9.62 Å². The number of rotatable bonds is 11. The van der Waals surface area contributed by atoms with Gasteiger partial charge in [0.25, 0.3) is 10.0 Å². The maximum Gasteiger partial charge on any atom is 0.264 e. The number of hydrogen-bond acceptors (Lipinski definition) is 4. The zero-order valence-electron chi connectivity index (χ0n) is 23.0. The molecule has 0 saturated heterocycles. The molecule has 0 aromatic heterocycles. The molecule has 0 heterocycles. The lowest BCUT2D eigenvalue weighted by atomic mass is 10.1. The summed E-state index contributed by atoms with van der Waals surface area (Å²) >= 11 is 3.42. The Kier molecular flexibility index (Phi) is 10.3. The van der Waals surface area contributed by atoms with Crippen molar-refractivity contribution in [2.75, 3.05) is 10.8 Å². The number of carbonyl (C=O) groups is 2. The lowest BCUT2D eigenvalue weighted by Crippen LogP contribution is -2.52. The van der Waals surface area contributed by atoms with Gasteiger partial charge in [0, 0.05) is 17.1 Å². The number of hydrogen-bond donors (Lipinski definition) is 1. The molecule has 0 aliphatic carbocycles. The number of benzene rings is 3. The topological polar surface area (TPSA) is 86.8 Å². The van der Waals surface area contributed by atoms with Gasteiger partial charge in [0.15, 0.2) is 0 Å². The number of anilines is 1. The third-order valence-corrected chi connectivity index (χ3v) is 8.98. The first-order valence-electron chi connectivity index (χ1n) is 12.9. The van der Waals surface area contributed by atoms with E-state index in [1.165, 1.54) is 17.0 Å². The predicted molar refractivity (Wildman–Crippen MR) is 159 cm³/mol. The van der Waals surface area contributed by atoms with Crippen molar-refractivity contribution in [3.8, 4) is 0 Å². The zero-order chi connectivity index (χ0) is 28.7. The second-order valence-corrected chi connectivity index (χ2v) is 12.5. The highest BCUT2D eigenvalue weighted by Crippen LogP contribution is 2.28. The minimum Gasteiger partial charge on any atom is -0.352 e. The summed E-state index contributed by atoms with van der Waals surface area (Å²) in [6, 6.07) is 20.1. The molecule has 3 aromatic rings. The van der Waals surface area contributed by atoms with E-state index in [-0.39, 0.29) is 23.4 Å². The van der Waals surface area contributed by atoms with E-state index in [1.54, 1.807) is 31.2 Å². The van der Waals surface area contributed by atoms with Crippen LogP contribution in [0.4, 0.5) is 5.69 Å². The van der Waals surface area contributed by atoms with E-state index in [9.17, 15) is 18.0 Å². The van der Waals surface area contributed by atoms with Crippen LogP contribution in [0.25, 0.3) is 0 Å². The van der Waals surface area contributed by atoms with Crippen LogP contribution in [-0.2, 0) is 26.2 Å². The number of nitrogens with zero attached hydrogens (tertiary/aromatic N) is 2. The summed E-state index contributed by atoms with van der Waals surface area (Å²) in [6.07, 6.45) is 0.745. The molecule has 2 amide bonds. The average Bonchev–Trinajstić information content (AvgIpc) is 2.92. The normalized spacial score (nSPS) is 12.9. The third-order valence-electron chi connectivity index (χ3n) is 6.68. The Balaban J connectivity index is 2.05. The molecule has 2 atom stereocenters. The van der Waals surface area contributed by atoms with Gasteiger partial charge in [-0.15, -0.1) is 0 Å². The van der Waals surface area contributed by atoms with Crippen LogP contribution >= 0.6 is 15.9 Å². The fraction of sp³-hybridized carbons (Fsp3) is 0.333. The van der Waals surface area contributed by atoms with E-state index in [0.29, 0.717) is 5.69 Å². The molecule has 0 spiro atoms. The van der Waals surface area contributed by atoms with Gasteiger partial charge in [-0.1, -0.05) is 65.3 Å². The summed E-state index contributed by atoms with van der Waals surface area (Å²) < 4.78 is 29.9. The minimum absolute atomic E-state index is 0.0607. The van der Waals surface area contributed by atoms with E-state index < -0.39 is 28.5 Å². The summed E-state index contributed by atoms with van der Waals surface area (Å²) in [6.45, 7) is 8.92. The van der Waals surface area contributed by atoms with Crippen molar-refractivity contribution in [1.82, 2.24) is 10.2 Å². The Morgan fingerprint density at radius 3 is 2.21 bits per heavy atom. The van der Waals surface area contributed by atoms with Gasteiger partial charge in [-0.25, -0.2) is 8.42 Å². The SMILES string of the molecule is CC[C@H](C)NC(=O)[C@@H](C)N(Cc1ccc(Br)cc1)C(=O)CN(c1cc(C)ccc1C)S(=O)(=O)c1ccccc1. The molecular weight excluding hydrogens is 578 g/mol. The highest BCUT2D eigenvalue weighted by molar-refractivity contribution is 9.10. The smallest absolute Gasteiger partial charge is 0.264 e. The Hall–Kier alpha value is -3.17. The van der Waals surface area contributed by atoms with Gasteiger partial charge in [0.1, 0.15) is 12.6 Å². The van der Waals surface area contributed by atoms with Gasteiger partial charge in [0.05, 0.1) is 10.6 Å². The van der Waals surface area contributed by atoms with Crippen LogP contribution in [0.5, 0.6) is 0 Å². The highest BCUT2D eigenvalue weighted by Gasteiger charge is 2.33. The summed E-state index contributed by atoms with van der Waals surface area (Å²) in [5.41, 5.74) is 2.82. The van der Waals surface area contributed by atoms with Crippen molar-refractivity contribution in [3.05, 3.63) is 94.0 Å². The molecule has 9 heteroatoms. The molecule has 0 aliphatic rings. The quantitative estimate of drug-likeness (QED) is 0.305. The third kappa shape index (κ3) is 7.70. The number of nitrogens with one attached hydrogen (secondary N) is 1. The number of amides is 2. The van der Waals surface area contributed by atoms with Gasteiger partial charge in [-0.2, -0.15) is 0 Å². The molecule has 208 valence electrons. The van der Waals surface area contributed by atoms with Crippen LogP contribution in [0.1, 0.15) is 43.9 Å². The molecule has 7 nitrogen and oxygen atoms in total. The van der Waals surface area contributed by atoms with Crippen molar-refractivity contribution < 1.29 is 18.0 Å². The molecule has 0 radical (unpaired) electrons. The summed E-state index contributed by atoms with van der Waals surface area (Å²) in [4.78, 5) is 28.7. The maximum atomic E-state index is 14.0. The molecule has 0 fully saturated rings. The maximum absolute atomic E-state index is 14.0. The van der Waals surface area contributed by atoms with E-state index in [2.05, 4.69) is 21.2 Å². The second kappa shape index (κ2) is 13.3. The molecular formula is C30H36BrN3O4S. The van der Waals surface area contributed by atoms with Gasteiger partial charge in [-0.3, -0.25) is 13.9 Å². The van der Waals surface area contributed by atoms with Crippen molar-refractivity contribution >= 4 is 43.5 Å². The summed E-state index contributed by atoms with van der Waals surface area (Å²) in [5.74, 6) is -0.774. The first-order valence-corrected chi connectivity index (χ1v) is 15.2. The number of halogens is 1. The summed E-state index contributed by atoms with van der Waals surface area (Å²) in [7, 11) is -4.09. The van der Waals surface area contributed by atoms with Gasteiger partial charge in [-0.05, 0) is 81.1 Å². The monoisotopic (exact) mass is 613 g/mol. The molecule has 3 aromatic carbocycles. The number of sulfonamides is 1. The van der Waals surface area contributed by atoms with E-state index in [1.807, 2.05) is 64.1 Å². The number of aryl methyl sites for hydroxylation is 2. The van der Waals surface area contributed by atoms with Crippen LogP contribution in [0.3, 0.4) is 0 Å². The molecule has 0 bridgehead atoms. The zero-order valence-corrected chi connectivity index (χ0v) is 25.4. The molecule has 0 unspecified atom stereocenters. The Labute approximate surface area is 240 Å². The molecule has 0 aliphatic heterocycles. The van der Waals surface area contributed by atoms with Crippen LogP contribution in [0.2, 0.25) is 0 Å². The lowest BCUT2D eigenvalue weighted by Gasteiger charge is -2.33. The van der Waals surface area contributed by atoms with E-state index in [4.69, 9.17) is 0 Å². The van der Waals surface area contributed by atoms with E-state index >= 15 is 0 Å². The minimum atomic E-state index is -4.09. The van der Waals surface area contributed by atoms with Gasteiger partial charge >= 0.3 is 0 Å².